The molecule has 0 radical (unpaired) electrons. The fourth-order valence-corrected chi connectivity index (χ4v) is 4.44. The third-order valence-electron chi connectivity index (χ3n) is 5.20. The summed E-state index contributed by atoms with van der Waals surface area (Å²) in [7, 11) is 1.65. The molecule has 1 aliphatic heterocycles. The number of carbonyl (C=O) groups excluding carboxylic acids is 2. The largest absolute Gasteiger partial charge is 0.448 e. The molecule has 1 N–H and O–H groups in total. The lowest BCUT2D eigenvalue weighted by Gasteiger charge is -2.33. The number of rotatable bonds is 8. The first-order valence-electron chi connectivity index (χ1n) is 10.4. The molecule has 0 bridgehead atoms. The highest BCUT2D eigenvalue weighted by Gasteiger charge is 2.25. The Morgan fingerprint density at radius 3 is 2.74 bits per heavy atom. The summed E-state index contributed by atoms with van der Waals surface area (Å²) in [5.41, 5.74) is 0.922. The van der Waals surface area contributed by atoms with E-state index in [-0.39, 0.29) is 11.8 Å². The fraction of sp³-hybridized carbons (Fsp3) is 0.409. The van der Waals surface area contributed by atoms with E-state index >= 15 is 0 Å². The van der Waals surface area contributed by atoms with Gasteiger partial charge in [0, 0.05) is 46.4 Å². The van der Waals surface area contributed by atoms with Crippen molar-refractivity contribution in [3.8, 4) is 10.8 Å². The first-order valence-corrected chi connectivity index (χ1v) is 11.2. The summed E-state index contributed by atoms with van der Waals surface area (Å²) in [6.07, 6.45) is 0.798. The van der Waals surface area contributed by atoms with Crippen LogP contribution in [0, 0.1) is 0 Å². The molecule has 0 spiro atoms. The number of benzene rings is 1. The van der Waals surface area contributed by atoms with Gasteiger partial charge in [-0.2, -0.15) is 0 Å². The Morgan fingerprint density at radius 1 is 1.16 bits per heavy atom. The molecule has 164 valence electrons. The van der Waals surface area contributed by atoms with E-state index < -0.39 is 0 Å². The third-order valence-corrected chi connectivity index (χ3v) is 6.25. The SMILES string of the molecule is COCCCNC(=O)CN1CCN(C(=O)c2ccc(-c3nc4ccccc4s3)o2)CC1. The lowest BCUT2D eigenvalue weighted by molar-refractivity contribution is -0.122. The summed E-state index contributed by atoms with van der Waals surface area (Å²) in [6, 6.07) is 11.4. The molecule has 1 fully saturated rings. The molecule has 0 atom stereocenters. The minimum Gasteiger partial charge on any atom is -0.448 e. The maximum Gasteiger partial charge on any atom is 0.289 e. The van der Waals surface area contributed by atoms with Gasteiger partial charge in [0.05, 0.1) is 16.8 Å². The van der Waals surface area contributed by atoms with Gasteiger partial charge in [-0.05, 0) is 30.7 Å². The maximum absolute atomic E-state index is 12.9. The molecule has 2 aromatic heterocycles. The zero-order valence-corrected chi connectivity index (χ0v) is 18.3. The van der Waals surface area contributed by atoms with Gasteiger partial charge >= 0.3 is 0 Å². The van der Waals surface area contributed by atoms with Crippen LogP contribution in [0.15, 0.2) is 40.8 Å². The molecule has 1 aromatic carbocycles. The Labute approximate surface area is 184 Å². The predicted molar refractivity (Wildman–Crippen MR) is 119 cm³/mol. The molecule has 1 aliphatic rings. The van der Waals surface area contributed by atoms with Gasteiger partial charge in [-0.3, -0.25) is 14.5 Å². The molecule has 3 aromatic rings. The topological polar surface area (TPSA) is 87.9 Å². The highest BCUT2D eigenvalue weighted by atomic mass is 32.1. The Kier molecular flexibility index (Phi) is 6.96. The number of fused-ring (bicyclic) bond motifs is 1. The molecule has 0 unspecified atom stereocenters. The van der Waals surface area contributed by atoms with Gasteiger partial charge in [0.2, 0.25) is 5.91 Å². The lowest BCUT2D eigenvalue weighted by Crippen LogP contribution is -2.51. The number of nitrogens with one attached hydrogen (secondary N) is 1. The number of piperazine rings is 1. The number of carbonyl (C=O) groups is 2. The van der Waals surface area contributed by atoms with Crippen molar-refractivity contribution in [1.82, 2.24) is 20.1 Å². The molecule has 4 rings (SSSR count). The molecule has 9 heteroatoms. The van der Waals surface area contributed by atoms with Gasteiger partial charge in [-0.25, -0.2) is 4.98 Å². The van der Waals surface area contributed by atoms with Gasteiger partial charge in [0.25, 0.3) is 5.91 Å². The fourth-order valence-electron chi connectivity index (χ4n) is 3.51. The van der Waals surface area contributed by atoms with E-state index in [2.05, 4.69) is 15.2 Å². The van der Waals surface area contributed by atoms with E-state index in [4.69, 9.17) is 9.15 Å². The molecule has 0 saturated carbocycles. The number of ether oxygens (including phenoxy) is 1. The first kappa shape index (κ1) is 21.5. The second-order valence-corrected chi connectivity index (χ2v) is 8.45. The van der Waals surface area contributed by atoms with Crippen molar-refractivity contribution in [2.24, 2.45) is 0 Å². The van der Waals surface area contributed by atoms with E-state index in [9.17, 15) is 9.59 Å². The van der Waals surface area contributed by atoms with E-state index in [1.54, 1.807) is 35.5 Å². The first-order chi connectivity index (χ1) is 15.1. The van der Waals surface area contributed by atoms with Crippen LogP contribution in [0.5, 0.6) is 0 Å². The minimum absolute atomic E-state index is 0.00221. The zero-order valence-electron chi connectivity index (χ0n) is 17.5. The van der Waals surface area contributed by atoms with Crippen LogP contribution in [0.3, 0.4) is 0 Å². The molecule has 31 heavy (non-hydrogen) atoms. The van der Waals surface area contributed by atoms with Crippen molar-refractivity contribution in [1.29, 1.82) is 0 Å². The minimum atomic E-state index is -0.129. The number of para-hydroxylation sites is 1. The van der Waals surface area contributed by atoms with E-state index in [0.29, 0.717) is 57.4 Å². The summed E-state index contributed by atoms with van der Waals surface area (Å²) in [6.45, 7) is 4.03. The Bertz CT molecular complexity index is 1010. The summed E-state index contributed by atoms with van der Waals surface area (Å²) < 4.78 is 11.9. The number of hydrogen-bond donors (Lipinski definition) is 1. The van der Waals surface area contributed by atoms with E-state index in [1.165, 1.54) is 0 Å². The van der Waals surface area contributed by atoms with Crippen LogP contribution in [0.1, 0.15) is 17.0 Å². The summed E-state index contributed by atoms with van der Waals surface area (Å²) >= 11 is 1.54. The van der Waals surface area contributed by atoms with Gasteiger partial charge in [-0.1, -0.05) is 12.1 Å². The molecular weight excluding hydrogens is 416 g/mol. The Morgan fingerprint density at radius 2 is 1.97 bits per heavy atom. The molecule has 0 aliphatic carbocycles. The molecule has 2 amide bonds. The molecule has 8 nitrogen and oxygen atoms in total. The third kappa shape index (κ3) is 5.30. The molecule has 3 heterocycles. The maximum atomic E-state index is 12.9. The highest BCUT2D eigenvalue weighted by molar-refractivity contribution is 7.21. The second kappa shape index (κ2) is 10.0. The number of furan rings is 1. The zero-order chi connectivity index (χ0) is 21.6. The van der Waals surface area contributed by atoms with Crippen LogP contribution in [-0.4, -0.2) is 79.6 Å². The quantitative estimate of drug-likeness (QED) is 0.539. The van der Waals surface area contributed by atoms with Crippen molar-refractivity contribution in [3.05, 3.63) is 42.2 Å². The summed E-state index contributed by atoms with van der Waals surface area (Å²) in [5, 5.41) is 3.66. The van der Waals surface area contributed by atoms with Crippen LogP contribution < -0.4 is 5.32 Å². The van der Waals surface area contributed by atoms with Gasteiger partial charge in [0.15, 0.2) is 16.5 Å². The van der Waals surface area contributed by atoms with E-state index in [0.717, 1.165) is 21.6 Å². The van der Waals surface area contributed by atoms with Gasteiger partial charge in [-0.15, -0.1) is 11.3 Å². The Hall–Kier alpha value is -2.75. The van der Waals surface area contributed by atoms with Crippen molar-refractivity contribution >= 4 is 33.4 Å². The van der Waals surface area contributed by atoms with Gasteiger partial charge < -0.3 is 19.4 Å². The van der Waals surface area contributed by atoms with Crippen LogP contribution in [0.4, 0.5) is 0 Å². The van der Waals surface area contributed by atoms with E-state index in [1.807, 2.05) is 24.3 Å². The average Bonchev–Trinajstić information content (AvgIpc) is 3.44. The van der Waals surface area contributed by atoms with Crippen molar-refractivity contribution < 1.29 is 18.7 Å². The number of amides is 2. The van der Waals surface area contributed by atoms with Gasteiger partial charge in [0.1, 0.15) is 0 Å². The number of aromatic nitrogens is 1. The monoisotopic (exact) mass is 442 g/mol. The van der Waals surface area contributed by atoms with Crippen LogP contribution >= 0.6 is 11.3 Å². The van der Waals surface area contributed by atoms with Crippen LogP contribution in [0.2, 0.25) is 0 Å². The highest BCUT2D eigenvalue weighted by Crippen LogP contribution is 2.31. The predicted octanol–water partition coefficient (Wildman–Crippen LogP) is 2.47. The smallest absolute Gasteiger partial charge is 0.289 e. The van der Waals surface area contributed by atoms with Crippen molar-refractivity contribution in [2.75, 3.05) is 53.0 Å². The average molecular weight is 443 g/mol. The normalized spacial score (nSPS) is 14.8. The number of methoxy groups -OCH3 is 1. The molecular formula is C22H26N4O4S. The van der Waals surface area contributed by atoms with Crippen LogP contribution in [-0.2, 0) is 9.53 Å². The standard InChI is InChI=1S/C22H26N4O4S/c1-29-14-4-9-23-20(27)15-25-10-12-26(13-11-25)22(28)18-8-7-17(30-18)21-24-16-5-2-3-6-19(16)31-21/h2-3,5-8H,4,9-15H2,1H3,(H,23,27). The van der Waals surface area contributed by atoms with Crippen molar-refractivity contribution in [2.45, 2.75) is 6.42 Å². The lowest BCUT2D eigenvalue weighted by atomic mass is 10.2. The summed E-state index contributed by atoms with van der Waals surface area (Å²) in [5.74, 6) is 0.797. The Balaban J connectivity index is 1.29. The molecule has 1 saturated heterocycles. The number of nitrogens with zero attached hydrogens (tertiary/aromatic N) is 3. The number of thiazole rings is 1. The van der Waals surface area contributed by atoms with Crippen molar-refractivity contribution in [3.63, 3.8) is 0 Å². The van der Waals surface area contributed by atoms with Crippen LogP contribution in [0.25, 0.3) is 21.0 Å². The summed E-state index contributed by atoms with van der Waals surface area (Å²) in [4.78, 5) is 33.3. The number of hydrogen-bond acceptors (Lipinski definition) is 7. The second-order valence-electron chi connectivity index (χ2n) is 7.42.